The van der Waals surface area contributed by atoms with Gasteiger partial charge in [-0.3, -0.25) is 9.59 Å². The molecule has 2 aromatic heterocycles. The fourth-order valence-corrected chi connectivity index (χ4v) is 3.67. The molecule has 0 bridgehead atoms. The van der Waals surface area contributed by atoms with Crippen LogP contribution in [0.5, 0.6) is 0 Å². The monoisotopic (exact) mass is 373 g/mol. The Morgan fingerprint density at radius 1 is 1.15 bits per heavy atom. The van der Waals surface area contributed by atoms with Crippen LogP contribution in [0.2, 0.25) is 0 Å². The van der Waals surface area contributed by atoms with Gasteiger partial charge >= 0.3 is 0 Å². The second kappa shape index (κ2) is 7.82. The number of thiophene rings is 1. The summed E-state index contributed by atoms with van der Waals surface area (Å²) < 4.78 is 0. The van der Waals surface area contributed by atoms with E-state index in [1.807, 2.05) is 17.5 Å². The molecule has 0 radical (unpaired) electrons. The van der Waals surface area contributed by atoms with Gasteiger partial charge < -0.3 is 15.5 Å². The van der Waals surface area contributed by atoms with Crippen molar-refractivity contribution in [2.45, 2.75) is 20.3 Å². The van der Waals surface area contributed by atoms with Crippen LogP contribution < -0.4 is 5.73 Å². The van der Waals surface area contributed by atoms with E-state index >= 15 is 0 Å². The van der Waals surface area contributed by atoms with E-state index in [-0.39, 0.29) is 17.8 Å². The van der Waals surface area contributed by atoms with Crippen LogP contribution in [0.1, 0.15) is 39.7 Å². The van der Waals surface area contributed by atoms with E-state index in [1.165, 1.54) is 11.3 Å². The highest BCUT2D eigenvalue weighted by Crippen LogP contribution is 2.16. The molecule has 1 aliphatic rings. The number of carbonyl (C=O) groups is 2. The molecule has 0 unspecified atom stereocenters. The number of nitrogens with two attached hydrogens (primary N) is 1. The van der Waals surface area contributed by atoms with E-state index in [1.54, 1.807) is 15.9 Å². The van der Waals surface area contributed by atoms with Crippen molar-refractivity contribution in [3.8, 4) is 0 Å². The van der Waals surface area contributed by atoms with Crippen LogP contribution in [-0.4, -0.2) is 57.8 Å². The number of hydrogen-bond donors (Lipinski definition) is 1. The molecular weight excluding hydrogens is 350 g/mol. The average molecular weight is 373 g/mol. The van der Waals surface area contributed by atoms with Gasteiger partial charge in [0.2, 0.25) is 5.95 Å². The van der Waals surface area contributed by atoms with Gasteiger partial charge in [0.15, 0.2) is 0 Å². The molecule has 1 fully saturated rings. The van der Waals surface area contributed by atoms with Crippen molar-refractivity contribution >= 4 is 29.1 Å². The zero-order valence-corrected chi connectivity index (χ0v) is 15.8. The molecule has 0 aromatic carbocycles. The molecule has 0 spiro atoms. The minimum absolute atomic E-state index is 0.0256. The molecule has 2 N–H and O–H groups in total. The van der Waals surface area contributed by atoms with Gasteiger partial charge in [-0.25, -0.2) is 9.97 Å². The maximum Gasteiger partial charge on any atom is 0.272 e. The Labute approximate surface area is 156 Å². The lowest BCUT2D eigenvalue weighted by Crippen LogP contribution is -2.50. The summed E-state index contributed by atoms with van der Waals surface area (Å²) in [6, 6.07) is 5.41. The van der Waals surface area contributed by atoms with Gasteiger partial charge in [-0.2, -0.15) is 0 Å². The molecule has 0 aliphatic carbocycles. The summed E-state index contributed by atoms with van der Waals surface area (Å²) in [6.07, 6.45) is 0.746. The van der Waals surface area contributed by atoms with E-state index in [0.29, 0.717) is 37.8 Å². The summed E-state index contributed by atoms with van der Waals surface area (Å²) >= 11 is 1.43. The Bertz CT molecular complexity index is 783. The highest BCUT2D eigenvalue weighted by molar-refractivity contribution is 7.12. The minimum atomic E-state index is -0.160. The number of nitrogens with zero attached hydrogens (tertiary/aromatic N) is 4. The summed E-state index contributed by atoms with van der Waals surface area (Å²) in [4.78, 5) is 37.7. The molecule has 138 valence electrons. The van der Waals surface area contributed by atoms with E-state index in [4.69, 9.17) is 5.73 Å². The second-order valence-corrected chi connectivity index (χ2v) is 7.71. The smallest absolute Gasteiger partial charge is 0.272 e. The predicted octanol–water partition coefficient (Wildman–Crippen LogP) is 1.92. The van der Waals surface area contributed by atoms with E-state index in [2.05, 4.69) is 23.8 Å². The fraction of sp³-hybridized carbons (Fsp3) is 0.444. The van der Waals surface area contributed by atoms with Crippen molar-refractivity contribution in [3.63, 3.8) is 0 Å². The SMILES string of the molecule is CC(C)Cc1cc(C(=O)N2CCN(C(=O)c3cccs3)CC2)nc(N)n1. The molecule has 8 heteroatoms. The lowest BCUT2D eigenvalue weighted by molar-refractivity contribution is 0.0535. The lowest BCUT2D eigenvalue weighted by Gasteiger charge is -2.34. The molecule has 0 saturated carbocycles. The van der Waals surface area contributed by atoms with E-state index < -0.39 is 0 Å². The Morgan fingerprint density at radius 2 is 1.81 bits per heavy atom. The van der Waals surface area contributed by atoms with Gasteiger partial charge in [0, 0.05) is 31.9 Å². The molecule has 2 amide bonds. The molecule has 1 aliphatic heterocycles. The minimum Gasteiger partial charge on any atom is -0.368 e. The van der Waals surface area contributed by atoms with Crippen molar-refractivity contribution in [1.29, 1.82) is 0 Å². The highest BCUT2D eigenvalue weighted by Gasteiger charge is 2.27. The summed E-state index contributed by atoms with van der Waals surface area (Å²) in [5.41, 5.74) is 6.88. The maximum absolute atomic E-state index is 12.8. The van der Waals surface area contributed by atoms with Crippen molar-refractivity contribution in [3.05, 3.63) is 39.8 Å². The predicted molar refractivity (Wildman–Crippen MR) is 101 cm³/mol. The standard InChI is InChI=1S/C18H23N5O2S/c1-12(2)10-13-11-14(21-18(19)20-13)16(24)22-5-7-23(8-6-22)17(25)15-4-3-9-26-15/h3-4,9,11-12H,5-8,10H2,1-2H3,(H2,19,20,21). The lowest BCUT2D eigenvalue weighted by atomic mass is 10.1. The van der Waals surface area contributed by atoms with E-state index in [9.17, 15) is 9.59 Å². The summed E-state index contributed by atoms with van der Waals surface area (Å²) in [5.74, 6) is 0.405. The third-order valence-electron chi connectivity index (χ3n) is 4.22. The molecule has 7 nitrogen and oxygen atoms in total. The highest BCUT2D eigenvalue weighted by atomic mass is 32.1. The van der Waals surface area contributed by atoms with Gasteiger partial charge in [0.25, 0.3) is 11.8 Å². The van der Waals surface area contributed by atoms with Gasteiger partial charge in [0.05, 0.1) is 4.88 Å². The van der Waals surface area contributed by atoms with Crippen LogP contribution in [0.15, 0.2) is 23.6 Å². The molecule has 0 atom stereocenters. The zero-order valence-electron chi connectivity index (χ0n) is 15.0. The van der Waals surface area contributed by atoms with E-state index in [0.717, 1.165) is 17.0 Å². The van der Waals surface area contributed by atoms with Crippen LogP contribution in [0.25, 0.3) is 0 Å². The fourth-order valence-electron chi connectivity index (χ4n) is 2.98. The average Bonchev–Trinajstić information content (AvgIpc) is 3.14. The van der Waals surface area contributed by atoms with Gasteiger partial charge in [-0.05, 0) is 29.9 Å². The van der Waals surface area contributed by atoms with Crippen LogP contribution in [0.3, 0.4) is 0 Å². The Kier molecular flexibility index (Phi) is 5.51. The zero-order chi connectivity index (χ0) is 18.7. The Hall–Kier alpha value is -2.48. The number of nitrogen functional groups attached to an aromatic ring is 1. The topological polar surface area (TPSA) is 92.4 Å². The summed E-state index contributed by atoms with van der Waals surface area (Å²) in [5, 5.41) is 1.89. The van der Waals surface area contributed by atoms with Crippen molar-refractivity contribution in [2.75, 3.05) is 31.9 Å². The third-order valence-corrected chi connectivity index (χ3v) is 5.08. The number of aromatic nitrogens is 2. The first-order chi connectivity index (χ1) is 12.4. The molecule has 3 rings (SSSR count). The molecule has 2 aromatic rings. The van der Waals surface area contributed by atoms with Crippen LogP contribution >= 0.6 is 11.3 Å². The molecular formula is C18H23N5O2S. The largest absolute Gasteiger partial charge is 0.368 e. The maximum atomic E-state index is 12.8. The summed E-state index contributed by atoms with van der Waals surface area (Å²) in [7, 11) is 0. The van der Waals surface area contributed by atoms with Gasteiger partial charge in [-0.15, -0.1) is 11.3 Å². The normalized spacial score (nSPS) is 14.7. The van der Waals surface area contributed by atoms with Crippen molar-refractivity contribution in [2.24, 2.45) is 5.92 Å². The first-order valence-electron chi connectivity index (χ1n) is 8.69. The number of hydrogen-bond acceptors (Lipinski definition) is 6. The van der Waals surface area contributed by atoms with Crippen LogP contribution in [-0.2, 0) is 6.42 Å². The molecule has 26 heavy (non-hydrogen) atoms. The third kappa shape index (κ3) is 4.19. The number of rotatable bonds is 4. The molecule has 3 heterocycles. The van der Waals surface area contributed by atoms with Gasteiger partial charge in [0.1, 0.15) is 5.69 Å². The first kappa shape index (κ1) is 18.3. The Morgan fingerprint density at radius 3 is 2.38 bits per heavy atom. The number of piperazine rings is 1. The summed E-state index contributed by atoms with van der Waals surface area (Å²) in [6.45, 7) is 6.18. The second-order valence-electron chi connectivity index (χ2n) is 6.76. The number of amides is 2. The Balaban J connectivity index is 1.65. The van der Waals surface area contributed by atoms with Crippen LogP contribution in [0.4, 0.5) is 5.95 Å². The van der Waals surface area contributed by atoms with Crippen LogP contribution in [0, 0.1) is 5.92 Å². The number of anilines is 1. The van der Waals surface area contributed by atoms with Crippen molar-refractivity contribution < 1.29 is 9.59 Å². The number of carbonyl (C=O) groups excluding carboxylic acids is 2. The van der Waals surface area contributed by atoms with Crippen molar-refractivity contribution in [1.82, 2.24) is 19.8 Å². The quantitative estimate of drug-likeness (QED) is 0.884. The van der Waals surface area contributed by atoms with Gasteiger partial charge in [-0.1, -0.05) is 19.9 Å². The molecule has 1 saturated heterocycles. The first-order valence-corrected chi connectivity index (χ1v) is 9.57.